The van der Waals surface area contributed by atoms with Crippen molar-refractivity contribution < 1.29 is 4.92 Å². The van der Waals surface area contributed by atoms with Gasteiger partial charge >= 0.3 is 6.17 Å². The largest absolute Gasteiger partial charge is 0.348 e. The molecule has 0 aromatic carbocycles. The van der Waals surface area contributed by atoms with Crippen LogP contribution in [0.1, 0.15) is 4.88 Å². The van der Waals surface area contributed by atoms with Crippen molar-refractivity contribution in [3.05, 3.63) is 32.5 Å². The van der Waals surface area contributed by atoms with E-state index in [1.165, 1.54) is 11.3 Å². The average Bonchev–Trinajstić information content (AvgIpc) is 2.60. The summed E-state index contributed by atoms with van der Waals surface area (Å²) in [5, 5.41) is 12.0. The number of hydrogen-bond donors (Lipinski definition) is 0. The fourth-order valence-corrected chi connectivity index (χ4v) is 1.60. The first-order chi connectivity index (χ1) is 5.29. The number of hydrogen-bond acceptors (Lipinski definition) is 4. The molecule has 0 amide bonds. The van der Waals surface area contributed by atoms with Crippen molar-refractivity contribution >= 4 is 17.0 Å². The molecule has 56 valence electrons. The molecule has 0 N–H and O–H groups in total. The topological polar surface area (TPSA) is 55.5 Å². The van der Waals surface area contributed by atoms with Crippen LogP contribution < -0.4 is 0 Å². The first kappa shape index (κ1) is 6.48. The van der Waals surface area contributed by atoms with Crippen LogP contribution in [0.4, 0.5) is 0 Å². The Bertz CT molecular complexity index is 317. The number of rotatable bonds is 2. The maximum Gasteiger partial charge on any atom is 0.348 e. The molecular weight excluding hydrogens is 164 g/mol. The standard InChI is InChI=1S/C6H4N2O2S/c9-8(10)6-5(7-6)4-2-1-3-11-4/h1-3,6H. The van der Waals surface area contributed by atoms with E-state index in [9.17, 15) is 10.1 Å². The Labute approximate surface area is 66.3 Å². The third kappa shape index (κ3) is 1.03. The van der Waals surface area contributed by atoms with Crippen LogP contribution in [-0.2, 0) is 0 Å². The average molecular weight is 168 g/mol. The molecule has 1 aromatic heterocycles. The highest BCUT2D eigenvalue weighted by atomic mass is 32.1. The summed E-state index contributed by atoms with van der Waals surface area (Å²) in [4.78, 5) is 14.4. The maximum absolute atomic E-state index is 10.2. The minimum atomic E-state index is -0.756. The van der Waals surface area contributed by atoms with E-state index < -0.39 is 6.17 Å². The van der Waals surface area contributed by atoms with Gasteiger partial charge in [-0.15, -0.1) is 11.3 Å². The molecule has 0 radical (unpaired) electrons. The van der Waals surface area contributed by atoms with Crippen LogP contribution in [0.25, 0.3) is 0 Å². The Kier molecular flexibility index (Phi) is 1.25. The van der Waals surface area contributed by atoms with Gasteiger partial charge in [0.15, 0.2) is 5.71 Å². The Morgan fingerprint density at radius 1 is 1.73 bits per heavy atom. The molecule has 1 aliphatic rings. The van der Waals surface area contributed by atoms with Gasteiger partial charge in [-0.2, -0.15) is 0 Å². The third-order valence-corrected chi connectivity index (χ3v) is 2.30. The van der Waals surface area contributed by atoms with E-state index in [1.807, 2.05) is 17.5 Å². The fraction of sp³-hybridized carbons (Fsp3) is 0.167. The molecule has 0 fully saturated rings. The van der Waals surface area contributed by atoms with E-state index >= 15 is 0 Å². The summed E-state index contributed by atoms with van der Waals surface area (Å²) in [5.41, 5.74) is 0.616. The van der Waals surface area contributed by atoms with Crippen molar-refractivity contribution in [1.82, 2.24) is 0 Å². The number of aliphatic imine (C=N–C) groups is 1. The highest BCUT2D eigenvalue weighted by molar-refractivity contribution is 7.12. The first-order valence-corrected chi connectivity index (χ1v) is 3.92. The summed E-state index contributed by atoms with van der Waals surface area (Å²) in [6.45, 7) is 0. The summed E-state index contributed by atoms with van der Waals surface area (Å²) in [6, 6.07) is 3.70. The molecule has 0 aliphatic carbocycles. The number of nitro groups is 1. The van der Waals surface area contributed by atoms with Gasteiger partial charge in [-0.25, -0.2) is 4.99 Å². The molecule has 0 saturated heterocycles. The Balaban J connectivity index is 2.13. The lowest BCUT2D eigenvalue weighted by atomic mass is 10.3. The predicted molar refractivity (Wildman–Crippen MR) is 41.6 cm³/mol. The van der Waals surface area contributed by atoms with Gasteiger partial charge in [0.25, 0.3) is 0 Å². The molecule has 2 heterocycles. The van der Waals surface area contributed by atoms with Gasteiger partial charge < -0.3 is 0 Å². The van der Waals surface area contributed by atoms with Gasteiger partial charge in [-0.3, -0.25) is 10.1 Å². The van der Waals surface area contributed by atoms with Crippen molar-refractivity contribution in [2.24, 2.45) is 4.99 Å². The molecule has 2 rings (SSSR count). The second-order valence-corrected chi connectivity index (χ2v) is 3.10. The predicted octanol–water partition coefficient (Wildman–Crippen LogP) is 1.15. The van der Waals surface area contributed by atoms with Gasteiger partial charge in [0.05, 0.1) is 9.80 Å². The van der Waals surface area contributed by atoms with Gasteiger partial charge in [0.2, 0.25) is 0 Å². The van der Waals surface area contributed by atoms with Crippen molar-refractivity contribution in [3.8, 4) is 0 Å². The molecule has 0 bridgehead atoms. The van der Waals surface area contributed by atoms with Crippen LogP contribution in [-0.4, -0.2) is 16.8 Å². The zero-order chi connectivity index (χ0) is 7.84. The first-order valence-electron chi connectivity index (χ1n) is 3.04. The van der Waals surface area contributed by atoms with Gasteiger partial charge in [-0.1, -0.05) is 6.07 Å². The second-order valence-electron chi connectivity index (χ2n) is 2.15. The van der Waals surface area contributed by atoms with Crippen LogP contribution in [0, 0.1) is 10.1 Å². The smallest absolute Gasteiger partial charge is 0.262 e. The van der Waals surface area contributed by atoms with Crippen LogP contribution in [0.2, 0.25) is 0 Å². The molecule has 0 spiro atoms. The summed E-state index contributed by atoms with van der Waals surface area (Å²) >= 11 is 1.48. The van der Waals surface area contributed by atoms with Crippen molar-refractivity contribution in [1.29, 1.82) is 0 Å². The lowest BCUT2D eigenvalue weighted by molar-refractivity contribution is -0.490. The van der Waals surface area contributed by atoms with E-state index in [-0.39, 0.29) is 4.92 Å². The minimum Gasteiger partial charge on any atom is -0.262 e. The normalized spacial score (nSPS) is 21.1. The summed E-state index contributed by atoms with van der Waals surface area (Å²) in [7, 11) is 0. The second kappa shape index (κ2) is 2.13. The third-order valence-electron chi connectivity index (χ3n) is 1.41. The zero-order valence-corrected chi connectivity index (χ0v) is 6.25. The van der Waals surface area contributed by atoms with E-state index in [2.05, 4.69) is 4.99 Å². The Hall–Kier alpha value is -1.23. The Morgan fingerprint density at radius 3 is 3.00 bits per heavy atom. The molecule has 1 unspecified atom stereocenters. The summed E-state index contributed by atoms with van der Waals surface area (Å²) in [5.74, 6) is 0. The molecule has 11 heavy (non-hydrogen) atoms. The number of thiophene rings is 1. The summed E-state index contributed by atoms with van der Waals surface area (Å²) < 4.78 is 0. The van der Waals surface area contributed by atoms with E-state index in [4.69, 9.17) is 0 Å². The molecule has 1 aromatic rings. The Morgan fingerprint density at radius 2 is 2.55 bits per heavy atom. The minimum absolute atomic E-state index is 0.380. The molecule has 0 saturated carbocycles. The van der Waals surface area contributed by atoms with Crippen LogP contribution in [0.3, 0.4) is 0 Å². The zero-order valence-electron chi connectivity index (χ0n) is 5.43. The summed E-state index contributed by atoms with van der Waals surface area (Å²) in [6.07, 6.45) is -0.756. The molecule has 5 heteroatoms. The molecular formula is C6H4N2O2S. The fourth-order valence-electron chi connectivity index (χ4n) is 0.857. The van der Waals surface area contributed by atoms with Crippen LogP contribution in [0.5, 0.6) is 0 Å². The van der Waals surface area contributed by atoms with Crippen LogP contribution in [0.15, 0.2) is 22.5 Å². The van der Waals surface area contributed by atoms with E-state index in [0.29, 0.717) is 5.71 Å². The molecule has 1 atom stereocenters. The molecule has 1 aliphatic heterocycles. The quantitative estimate of drug-likeness (QED) is 0.491. The van der Waals surface area contributed by atoms with Crippen LogP contribution >= 0.6 is 11.3 Å². The van der Waals surface area contributed by atoms with Gasteiger partial charge in [0, 0.05) is 0 Å². The lowest BCUT2D eigenvalue weighted by Crippen LogP contribution is -2.09. The van der Waals surface area contributed by atoms with Crippen molar-refractivity contribution in [2.75, 3.05) is 0 Å². The van der Waals surface area contributed by atoms with E-state index in [1.54, 1.807) is 0 Å². The van der Waals surface area contributed by atoms with Crippen molar-refractivity contribution in [3.63, 3.8) is 0 Å². The lowest BCUT2D eigenvalue weighted by Gasteiger charge is -1.83. The number of nitrogens with zero attached hydrogens (tertiary/aromatic N) is 2. The highest BCUT2D eigenvalue weighted by Gasteiger charge is 2.40. The van der Waals surface area contributed by atoms with Gasteiger partial charge in [-0.05, 0) is 11.4 Å². The maximum atomic E-state index is 10.2. The van der Waals surface area contributed by atoms with Crippen molar-refractivity contribution in [2.45, 2.75) is 6.17 Å². The monoisotopic (exact) mass is 168 g/mol. The SMILES string of the molecule is O=[N+]([O-])C1N=C1c1cccs1. The molecule has 4 nitrogen and oxygen atoms in total. The highest BCUT2D eigenvalue weighted by Crippen LogP contribution is 2.23. The van der Waals surface area contributed by atoms with E-state index in [0.717, 1.165) is 4.88 Å². The van der Waals surface area contributed by atoms with Gasteiger partial charge in [0.1, 0.15) is 0 Å².